The van der Waals surface area contributed by atoms with Crippen molar-refractivity contribution in [3.8, 4) is 0 Å². The minimum Gasteiger partial charge on any atom is -0.274 e. The van der Waals surface area contributed by atoms with Gasteiger partial charge >= 0.3 is 0 Å². The van der Waals surface area contributed by atoms with Crippen molar-refractivity contribution >= 4 is 15.9 Å². The highest BCUT2D eigenvalue weighted by Gasteiger charge is 2.25. The van der Waals surface area contributed by atoms with Gasteiger partial charge in [-0.2, -0.15) is 0 Å². The Hall–Kier alpha value is -1.62. The summed E-state index contributed by atoms with van der Waals surface area (Å²) in [6, 6.07) is 6.67. The molecular weight excluding hydrogens is 286 g/mol. The van der Waals surface area contributed by atoms with E-state index < -0.39 is 15.9 Å². The van der Waals surface area contributed by atoms with Crippen LogP contribution in [0.15, 0.2) is 41.3 Å². The van der Waals surface area contributed by atoms with E-state index in [1.165, 1.54) is 0 Å². The molecule has 0 spiro atoms. The van der Waals surface area contributed by atoms with Crippen LogP contribution in [-0.4, -0.2) is 14.3 Å². The minimum absolute atomic E-state index is 0.0406. The van der Waals surface area contributed by atoms with Crippen molar-refractivity contribution in [3.05, 3.63) is 42.0 Å². The first kappa shape index (κ1) is 15.8. The van der Waals surface area contributed by atoms with Gasteiger partial charge in [-0.1, -0.05) is 45.1 Å². The van der Waals surface area contributed by atoms with Crippen molar-refractivity contribution in [1.29, 1.82) is 0 Å². The first-order chi connectivity index (χ1) is 9.70. The summed E-state index contributed by atoms with van der Waals surface area (Å²) in [5, 5.41) is 0. The first-order valence-electron chi connectivity index (χ1n) is 7.02. The number of carbonyl (C=O) groups excluding carboxylic acids is 1. The largest absolute Gasteiger partial charge is 0.274 e. The number of hydrogen-bond donors (Lipinski definition) is 1. The second-order valence-electron chi connectivity index (χ2n) is 6.38. The van der Waals surface area contributed by atoms with E-state index in [1.54, 1.807) is 24.3 Å². The van der Waals surface area contributed by atoms with Crippen molar-refractivity contribution in [1.82, 2.24) is 4.72 Å². The highest BCUT2D eigenvalue weighted by molar-refractivity contribution is 7.90. The van der Waals surface area contributed by atoms with E-state index >= 15 is 0 Å². The maximum atomic E-state index is 12.2. The van der Waals surface area contributed by atoms with Crippen LogP contribution in [0.1, 0.15) is 39.2 Å². The monoisotopic (exact) mass is 307 g/mol. The summed E-state index contributed by atoms with van der Waals surface area (Å²) in [6.07, 6.45) is 5.00. The van der Waals surface area contributed by atoms with Crippen molar-refractivity contribution in [2.24, 2.45) is 5.92 Å². The lowest BCUT2D eigenvalue weighted by atomic mass is 9.87. The van der Waals surface area contributed by atoms with E-state index in [1.807, 2.05) is 12.2 Å². The van der Waals surface area contributed by atoms with Crippen molar-refractivity contribution in [3.63, 3.8) is 0 Å². The summed E-state index contributed by atoms with van der Waals surface area (Å²) in [4.78, 5) is 12.1. The minimum atomic E-state index is -3.79. The van der Waals surface area contributed by atoms with Gasteiger partial charge in [0.1, 0.15) is 0 Å². The first-order valence-corrected chi connectivity index (χ1v) is 8.51. The average Bonchev–Trinajstić information content (AvgIpc) is 2.91. The van der Waals surface area contributed by atoms with Crippen LogP contribution in [0.2, 0.25) is 0 Å². The second kappa shape index (κ2) is 5.64. The van der Waals surface area contributed by atoms with Crippen LogP contribution >= 0.6 is 0 Å². The molecule has 0 saturated carbocycles. The van der Waals surface area contributed by atoms with E-state index in [0.717, 1.165) is 5.56 Å². The molecule has 4 nitrogen and oxygen atoms in total. The van der Waals surface area contributed by atoms with E-state index in [4.69, 9.17) is 0 Å². The molecule has 1 aromatic carbocycles. The lowest BCUT2D eigenvalue weighted by molar-refractivity contribution is -0.122. The number of carbonyl (C=O) groups is 1. The van der Waals surface area contributed by atoms with Crippen LogP contribution in [0.4, 0.5) is 0 Å². The lowest BCUT2D eigenvalue weighted by Gasteiger charge is -2.19. The Morgan fingerprint density at radius 2 is 1.62 bits per heavy atom. The van der Waals surface area contributed by atoms with Crippen molar-refractivity contribution in [2.75, 3.05) is 0 Å². The van der Waals surface area contributed by atoms with E-state index in [-0.39, 0.29) is 16.2 Å². The summed E-state index contributed by atoms with van der Waals surface area (Å²) >= 11 is 0. The van der Waals surface area contributed by atoms with Crippen LogP contribution in [0.3, 0.4) is 0 Å². The van der Waals surface area contributed by atoms with Crippen LogP contribution in [0.5, 0.6) is 0 Å². The topological polar surface area (TPSA) is 63.2 Å². The highest BCUT2D eigenvalue weighted by Crippen LogP contribution is 2.24. The molecule has 0 radical (unpaired) electrons. The fourth-order valence-corrected chi connectivity index (χ4v) is 3.28. The third kappa shape index (κ3) is 3.73. The van der Waals surface area contributed by atoms with Gasteiger partial charge in [0.05, 0.1) is 4.90 Å². The lowest BCUT2D eigenvalue weighted by Crippen LogP contribution is -2.34. The second-order valence-corrected chi connectivity index (χ2v) is 8.07. The number of sulfonamides is 1. The molecule has 0 atom stereocenters. The van der Waals surface area contributed by atoms with Gasteiger partial charge in [-0.3, -0.25) is 4.79 Å². The maximum absolute atomic E-state index is 12.2. The zero-order chi connectivity index (χ0) is 15.7. The van der Waals surface area contributed by atoms with Gasteiger partial charge < -0.3 is 0 Å². The number of rotatable bonds is 3. The Bertz CT molecular complexity index is 644. The van der Waals surface area contributed by atoms with Gasteiger partial charge in [-0.25, -0.2) is 13.1 Å². The van der Waals surface area contributed by atoms with E-state index in [2.05, 4.69) is 25.5 Å². The third-order valence-electron chi connectivity index (χ3n) is 3.64. The number of allylic oxidation sites excluding steroid dienone is 2. The molecule has 114 valence electrons. The van der Waals surface area contributed by atoms with Gasteiger partial charge in [0, 0.05) is 5.92 Å². The summed E-state index contributed by atoms with van der Waals surface area (Å²) in [5.74, 6) is -0.700. The van der Waals surface area contributed by atoms with Crippen LogP contribution < -0.4 is 4.72 Å². The summed E-state index contributed by atoms with van der Waals surface area (Å²) in [7, 11) is -3.79. The van der Waals surface area contributed by atoms with Gasteiger partial charge in [-0.05, 0) is 36.0 Å². The van der Waals surface area contributed by atoms with Gasteiger partial charge in [-0.15, -0.1) is 0 Å². The summed E-state index contributed by atoms with van der Waals surface area (Å²) in [6.45, 7) is 6.18. The van der Waals surface area contributed by atoms with Crippen LogP contribution in [0, 0.1) is 5.92 Å². The molecule has 0 aliphatic heterocycles. The molecule has 5 heteroatoms. The predicted octanol–water partition coefficient (Wildman–Crippen LogP) is 2.76. The Kier molecular flexibility index (Phi) is 4.23. The highest BCUT2D eigenvalue weighted by atomic mass is 32.2. The Morgan fingerprint density at radius 1 is 1.10 bits per heavy atom. The molecular formula is C16H21NO3S. The zero-order valence-corrected chi connectivity index (χ0v) is 13.4. The zero-order valence-electron chi connectivity index (χ0n) is 12.6. The molecule has 1 aliphatic carbocycles. The predicted molar refractivity (Wildman–Crippen MR) is 82.3 cm³/mol. The fraction of sp³-hybridized carbons (Fsp3) is 0.438. The third-order valence-corrected chi connectivity index (χ3v) is 5.01. The molecule has 0 aromatic heterocycles. The molecule has 0 unspecified atom stereocenters. The van der Waals surface area contributed by atoms with Crippen LogP contribution in [-0.2, 0) is 20.2 Å². The SMILES string of the molecule is CC(C)(C)c1ccc(S(=O)(=O)NC(=O)C2CC=CC2)cc1. The molecule has 1 aliphatic rings. The van der Waals surface area contributed by atoms with E-state index in [9.17, 15) is 13.2 Å². The molecule has 0 fully saturated rings. The quantitative estimate of drug-likeness (QED) is 0.873. The molecule has 0 bridgehead atoms. The number of benzene rings is 1. The van der Waals surface area contributed by atoms with Crippen molar-refractivity contribution in [2.45, 2.75) is 43.9 Å². The maximum Gasteiger partial charge on any atom is 0.264 e. The van der Waals surface area contributed by atoms with Gasteiger partial charge in [0.25, 0.3) is 10.0 Å². The number of hydrogen-bond acceptors (Lipinski definition) is 3. The molecule has 0 heterocycles. The summed E-state index contributed by atoms with van der Waals surface area (Å²) in [5.41, 5.74) is 1.01. The van der Waals surface area contributed by atoms with Crippen LogP contribution in [0.25, 0.3) is 0 Å². The Balaban J connectivity index is 2.14. The Labute approximate surface area is 126 Å². The smallest absolute Gasteiger partial charge is 0.264 e. The normalized spacial score (nSPS) is 16.1. The molecule has 21 heavy (non-hydrogen) atoms. The number of nitrogens with one attached hydrogen (secondary N) is 1. The standard InChI is InChI=1S/C16H21NO3S/c1-16(2,3)13-8-10-14(11-9-13)21(19,20)17-15(18)12-6-4-5-7-12/h4-5,8-12H,6-7H2,1-3H3,(H,17,18). The number of amides is 1. The van der Waals surface area contributed by atoms with Gasteiger partial charge in [0.15, 0.2) is 0 Å². The molecule has 1 N–H and O–H groups in total. The molecule has 1 aromatic rings. The molecule has 1 amide bonds. The molecule has 2 rings (SSSR count). The molecule has 0 saturated heterocycles. The fourth-order valence-electron chi connectivity index (χ4n) is 2.24. The summed E-state index contributed by atoms with van der Waals surface area (Å²) < 4.78 is 26.6. The van der Waals surface area contributed by atoms with Gasteiger partial charge in [0.2, 0.25) is 5.91 Å². The van der Waals surface area contributed by atoms with Crippen molar-refractivity contribution < 1.29 is 13.2 Å². The average molecular weight is 307 g/mol. The van der Waals surface area contributed by atoms with E-state index in [0.29, 0.717) is 12.8 Å². The Morgan fingerprint density at radius 3 is 2.10 bits per heavy atom.